The highest BCUT2D eigenvalue weighted by molar-refractivity contribution is 6.30. The Labute approximate surface area is 171 Å². The molecule has 0 aliphatic rings. The van der Waals surface area contributed by atoms with Gasteiger partial charge >= 0.3 is 0 Å². The molecular formula is C22H17ClF2N2O2. The van der Waals surface area contributed by atoms with Crippen molar-refractivity contribution in [2.24, 2.45) is 0 Å². The van der Waals surface area contributed by atoms with Crippen molar-refractivity contribution in [3.63, 3.8) is 0 Å². The van der Waals surface area contributed by atoms with Crippen molar-refractivity contribution in [3.05, 3.63) is 101 Å². The fourth-order valence-electron chi connectivity index (χ4n) is 2.73. The summed E-state index contributed by atoms with van der Waals surface area (Å²) in [6.07, 6.45) is 0. The molecule has 0 fully saturated rings. The number of halogens is 3. The quantitative estimate of drug-likeness (QED) is 0.636. The van der Waals surface area contributed by atoms with E-state index < -0.39 is 17.5 Å². The fourth-order valence-corrected chi connectivity index (χ4v) is 2.86. The van der Waals surface area contributed by atoms with Gasteiger partial charge in [0.25, 0.3) is 11.8 Å². The Morgan fingerprint density at radius 3 is 2.21 bits per heavy atom. The molecule has 4 nitrogen and oxygen atoms in total. The Hall–Kier alpha value is -3.25. The standard InChI is InChI=1S/C22H17ClF2N2O2/c23-17-6-4-15(5-7-17)22(29)27(20-10-8-18(24)9-11-20)13-12-26-21(28)16-2-1-3-19(25)14-16/h1-11,14H,12-13H2,(H,26,28). The van der Waals surface area contributed by atoms with Gasteiger partial charge in [-0.25, -0.2) is 8.78 Å². The highest BCUT2D eigenvalue weighted by atomic mass is 35.5. The van der Waals surface area contributed by atoms with E-state index in [9.17, 15) is 18.4 Å². The van der Waals surface area contributed by atoms with E-state index in [0.29, 0.717) is 16.3 Å². The first kappa shape index (κ1) is 20.5. The number of benzene rings is 3. The summed E-state index contributed by atoms with van der Waals surface area (Å²) in [6, 6.07) is 17.2. The number of nitrogens with zero attached hydrogens (tertiary/aromatic N) is 1. The number of carbonyl (C=O) groups excluding carboxylic acids is 2. The molecule has 0 spiro atoms. The van der Waals surface area contributed by atoms with Crippen molar-refractivity contribution in [3.8, 4) is 0 Å². The summed E-state index contributed by atoms with van der Waals surface area (Å²) in [6.45, 7) is 0.250. The van der Waals surface area contributed by atoms with E-state index in [0.717, 1.165) is 6.07 Å². The summed E-state index contributed by atoms with van der Waals surface area (Å²) < 4.78 is 26.6. The fraction of sp³-hybridized carbons (Fsp3) is 0.0909. The molecule has 0 aliphatic carbocycles. The van der Waals surface area contributed by atoms with Gasteiger partial charge in [-0.1, -0.05) is 17.7 Å². The molecule has 0 saturated carbocycles. The summed E-state index contributed by atoms with van der Waals surface area (Å²) in [4.78, 5) is 26.6. The highest BCUT2D eigenvalue weighted by Gasteiger charge is 2.18. The van der Waals surface area contributed by atoms with Crippen LogP contribution in [-0.2, 0) is 0 Å². The normalized spacial score (nSPS) is 10.4. The smallest absolute Gasteiger partial charge is 0.258 e. The predicted octanol–water partition coefficient (Wildman–Crippen LogP) is 4.70. The second kappa shape index (κ2) is 9.30. The van der Waals surface area contributed by atoms with Crippen LogP contribution in [0.1, 0.15) is 20.7 Å². The van der Waals surface area contributed by atoms with Crippen LogP contribution in [0.15, 0.2) is 72.8 Å². The molecule has 3 rings (SSSR count). The minimum absolute atomic E-state index is 0.117. The Morgan fingerprint density at radius 2 is 1.55 bits per heavy atom. The summed E-state index contributed by atoms with van der Waals surface area (Å²) in [5.74, 6) is -1.72. The molecule has 0 radical (unpaired) electrons. The zero-order valence-corrected chi connectivity index (χ0v) is 16.0. The van der Waals surface area contributed by atoms with Crippen molar-refractivity contribution >= 4 is 29.1 Å². The largest absolute Gasteiger partial charge is 0.350 e. The van der Waals surface area contributed by atoms with Crippen LogP contribution in [-0.4, -0.2) is 24.9 Å². The monoisotopic (exact) mass is 414 g/mol. The molecule has 0 atom stereocenters. The predicted molar refractivity (Wildman–Crippen MR) is 108 cm³/mol. The molecule has 0 heterocycles. The highest BCUT2D eigenvalue weighted by Crippen LogP contribution is 2.19. The lowest BCUT2D eigenvalue weighted by molar-refractivity contribution is 0.0943. The van der Waals surface area contributed by atoms with E-state index in [2.05, 4.69) is 5.32 Å². The molecule has 7 heteroatoms. The van der Waals surface area contributed by atoms with Crippen LogP contribution in [0, 0.1) is 11.6 Å². The van der Waals surface area contributed by atoms with Gasteiger partial charge in [0, 0.05) is 34.9 Å². The van der Waals surface area contributed by atoms with Crippen molar-refractivity contribution in [1.29, 1.82) is 0 Å². The van der Waals surface area contributed by atoms with E-state index in [4.69, 9.17) is 11.6 Å². The van der Waals surface area contributed by atoms with Gasteiger partial charge in [-0.2, -0.15) is 0 Å². The Balaban J connectivity index is 1.74. The first-order chi connectivity index (χ1) is 13.9. The topological polar surface area (TPSA) is 49.4 Å². The van der Waals surface area contributed by atoms with E-state index in [1.165, 1.54) is 47.4 Å². The summed E-state index contributed by atoms with van der Waals surface area (Å²) in [5.41, 5.74) is 1.06. The van der Waals surface area contributed by atoms with Crippen LogP contribution in [0.25, 0.3) is 0 Å². The molecular weight excluding hydrogens is 398 g/mol. The van der Waals surface area contributed by atoms with Crippen molar-refractivity contribution in [2.45, 2.75) is 0 Å². The lowest BCUT2D eigenvalue weighted by Gasteiger charge is -2.23. The summed E-state index contributed by atoms with van der Waals surface area (Å²) in [5, 5.41) is 3.16. The van der Waals surface area contributed by atoms with Gasteiger partial charge in [0.15, 0.2) is 0 Å². The van der Waals surface area contributed by atoms with Gasteiger partial charge < -0.3 is 10.2 Å². The van der Waals surface area contributed by atoms with Crippen LogP contribution in [0.3, 0.4) is 0 Å². The van der Waals surface area contributed by atoms with Gasteiger partial charge in [0.2, 0.25) is 0 Å². The molecule has 0 aliphatic heterocycles. The lowest BCUT2D eigenvalue weighted by atomic mass is 10.1. The van der Waals surface area contributed by atoms with Gasteiger partial charge in [0.1, 0.15) is 11.6 Å². The lowest BCUT2D eigenvalue weighted by Crippen LogP contribution is -2.38. The summed E-state index contributed by atoms with van der Waals surface area (Å²) >= 11 is 5.88. The first-order valence-electron chi connectivity index (χ1n) is 8.81. The average molecular weight is 415 g/mol. The van der Waals surface area contributed by atoms with Gasteiger partial charge in [-0.3, -0.25) is 9.59 Å². The van der Waals surface area contributed by atoms with E-state index >= 15 is 0 Å². The van der Waals surface area contributed by atoms with Crippen LogP contribution < -0.4 is 10.2 Å². The number of carbonyl (C=O) groups is 2. The number of hydrogen-bond donors (Lipinski definition) is 1. The number of rotatable bonds is 6. The molecule has 0 saturated heterocycles. The maximum absolute atomic E-state index is 13.3. The van der Waals surface area contributed by atoms with E-state index in [1.807, 2.05) is 0 Å². The molecule has 3 aromatic carbocycles. The zero-order chi connectivity index (χ0) is 20.8. The maximum Gasteiger partial charge on any atom is 0.258 e. The summed E-state index contributed by atoms with van der Waals surface area (Å²) in [7, 11) is 0. The molecule has 1 N–H and O–H groups in total. The van der Waals surface area contributed by atoms with E-state index in [-0.39, 0.29) is 24.6 Å². The number of nitrogens with one attached hydrogen (secondary N) is 1. The van der Waals surface area contributed by atoms with Gasteiger partial charge in [-0.05, 0) is 66.7 Å². The van der Waals surface area contributed by atoms with Crippen LogP contribution >= 0.6 is 11.6 Å². The number of amides is 2. The third kappa shape index (κ3) is 5.39. The Morgan fingerprint density at radius 1 is 0.862 bits per heavy atom. The molecule has 148 valence electrons. The zero-order valence-electron chi connectivity index (χ0n) is 15.2. The number of anilines is 1. The molecule has 3 aromatic rings. The molecule has 0 bridgehead atoms. The third-order valence-corrected chi connectivity index (χ3v) is 4.43. The van der Waals surface area contributed by atoms with E-state index in [1.54, 1.807) is 24.3 Å². The molecule has 29 heavy (non-hydrogen) atoms. The second-order valence-electron chi connectivity index (χ2n) is 6.21. The third-order valence-electron chi connectivity index (χ3n) is 4.18. The van der Waals surface area contributed by atoms with Crippen LogP contribution in [0.5, 0.6) is 0 Å². The van der Waals surface area contributed by atoms with Gasteiger partial charge in [-0.15, -0.1) is 0 Å². The first-order valence-corrected chi connectivity index (χ1v) is 9.18. The molecule has 0 aromatic heterocycles. The second-order valence-corrected chi connectivity index (χ2v) is 6.64. The molecule has 0 unspecified atom stereocenters. The average Bonchev–Trinajstić information content (AvgIpc) is 2.72. The van der Waals surface area contributed by atoms with Crippen LogP contribution in [0.2, 0.25) is 5.02 Å². The minimum atomic E-state index is -0.511. The minimum Gasteiger partial charge on any atom is -0.350 e. The van der Waals surface area contributed by atoms with Crippen molar-refractivity contribution in [2.75, 3.05) is 18.0 Å². The van der Waals surface area contributed by atoms with Gasteiger partial charge in [0.05, 0.1) is 0 Å². The number of hydrogen-bond acceptors (Lipinski definition) is 2. The van der Waals surface area contributed by atoms with Crippen molar-refractivity contribution in [1.82, 2.24) is 5.32 Å². The maximum atomic E-state index is 13.3. The Kier molecular flexibility index (Phi) is 6.57. The Bertz CT molecular complexity index is 1010. The molecule has 2 amide bonds. The van der Waals surface area contributed by atoms with Crippen LogP contribution in [0.4, 0.5) is 14.5 Å². The SMILES string of the molecule is O=C(NCCN(C(=O)c1ccc(Cl)cc1)c1ccc(F)cc1)c1cccc(F)c1. The van der Waals surface area contributed by atoms with Crippen molar-refractivity contribution < 1.29 is 18.4 Å².